The van der Waals surface area contributed by atoms with Gasteiger partial charge in [0.1, 0.15) is 0 Å². The van der Waals surface area contributed by atoms with E-state index < -0.39 is 0 Å². The van der Waals surface area contributed by atoms with E-state index in [1.807, 2.05) is 12.3 Å². The van der Waals surface area contributed by atoms with Gasteiger partial charge in [0, 0.05) is 11.9 Å². The lowest BCUT2D eigenvalue weighted by atomic mass is 9.97. The maximum Gasteiger partial charge on any atom is 0.240 e. The number of hydrogen-bond donors (Lipinski definition) is 2. The maximum atomic E-state index is 12.2. The molecule has 1 aliphatic rings. The van der Waals surface area contributed by atoms with Crippen molar-refractivity contribution in [1.82, 2.24) is 15.2 Å². The summed E-state index contributed by atoms with van der Waals surface area (Å²) in [5, 5.41) is 8.95. The number of piperidine rings is 1. The molecule has 1 fully saturated rings. The molecule has 1 aromatic rings. The first-order chi connectivity index (χ1) is 10.2. The second kappa shape index (κ2) is 8.46. The molecule has 0 radical (unpaired) electrons. The SMILES string of the molecule is CCCN(CC(=O)Nc1nc(C)cs1)CC1CCNCC1. The van der Waals surface area contributed by atoms with Crippen LogP contribution in [0.3, 0.4) is 0 Å². The Morgan fingerprint density at radius 2 is 2.29 bits per heavy atom. The van der Waals surface area contributed by atoms with Gasteiger partial charge in [-0.2, -0.15) is 0 Å². The molecule has 1 aliphatic heterocycles. The van der Waals surface area contributed by atoms with Crippen LogP contribution < -0.4 is 10.6 Å². The van der Waals surface area contributed by atoms with Crippen LogP contribution in [0.2, 0.25) is 0 Å². The van der Waals surface area contributed by atoms with Crippen molar-refractivity contribution in [3.63, 3.8) is 0 Å². The molecule has 0 spiro atoms. The largest absolute Gasteiger partial charge is 0.317 e. The number of aromatic nitrogens is 1. The number of anilines is 1. The van der Waals surface area contributed by atoms with Crippen LogP contribution in [0.15, 0.2) is 5.38 Å². The zero-order chi connectivity index (χ0) is 15.1. The molecule has 0 saturated carbocycles. The molecule has 0 unspecified atom stereocenters. The fourth-order valence-electron chi connectivity index (χ4n) is 2.75. The Bertz CT molecular complexity index is 443. The minimum absolute atomic E-state index is 0.0479. The average Bonchev–Trinajstić information content (AvgIpc) is 2.85. The molecule has 2 heterocycles. The minimum atomic E-state index is 0.0479. The predicted molar refractivity (Wildman–Crippen MR) is 87.8 cm³/mol. The summed E-state index contributed by atoms with van der Waals surface area (Å²) in [7, 11) is 0. The molecule has 2 rings (SSSR count). The Morgan fingerprint density at radius 3 is 2.90 bits per heavy atom. The molecule has 2 N–H and O–H groups in total. The van der Waals surface area contributed by atoms with Gasteiger partial charge in [0.2, 0.25) is 5.91 Å². The topological polar surface area (TPSA) is 57.3 Å². The summed E-state index contributed by atoms with van der Waals surface area (Å²) in [5.41, 5.74) is 0.954. The number of carbonyl (C=O) groups excluding carboxylic acids is 1. The highest BCUT2D eigenvalue weighted by Crippen LogP contribution is 2.16. The van der Waals surface area contributed by atoms with Crippen LogP contribution in [0.4, 0.5) is 5.13 Å². The van der Waals surface area contributed by atoms with E-state index in [2.05, 4.69) is 27.4 Å². The average molecular weight is 310 g/mol. The zero-order valence-corrected chi connectivity index (χ0v) is 13.8. The molecular formula is C15H26N4OS. The number of nitrogens with one attached hydrogen (secondary N) is 2. The predicted octanol–water partition coefficient (Wildman–Crippen LogP) is 2.10. The lowest BCUT2D eigenvalue weighted by molar-refractivity contribution is -0.117. The van der Waals surface area contributed by atoms with Crippen molar-refractivity contribution < 1.29 is 4.79 Å². The van der Waals surface area contributed by atoms with Crippen molar-refractivity contribution in [2.75, 3.05) is 38.0 Å². The Hall–Kier alpha value is -0.980. The first kappa shape index (κ1) is 16.4. The summed E-state index contributed by atoms with van der Waals surface area (Å²) in [5.74, 6) is 0.763. The molecule has 0 bridgehead atoms. The van der Waals surface area contributed by atoms with Gasteiger partial charge in [0.25, 0.3) is 0 Å². The molecule has 5 nitrogen and oxygen atoms in total. The van der Waals surface area contributed by atoms with Crippen molar-refractivity contribution >= 4 is 22.4 Å². The zero-order valence-electron chi connectivity index (χ0n) is 13.0. The third-order valence-corrected chi connectivity index (χ3v) is 4.62. The number of hydrogen-bond acceptors (Lipinski definition) is 5. The van der Waals surface area contributed by atoms with E-state index in [1.165, 1.54) is 24.2 Å². The van der Waals surface area contributed by atoms with Crippen LogP contribution in [-0.2, 0) is 4.79 Å². The van der Waals surface area contributed by atoms with Gasteiger partial charge in [0.05, 0.1) is 12.2 Å². The summed E-state index contributed by atoms with van der Waals surface area (Å²) >= 11 is 1.48. The summed E-state index contributed by atoms with van der Waals surface area (Å²) in [4.78, 5) is 18.7. The number of amides is 1. The number of rotatable bonds is 7. The number of carbonyl (C=O) groups is 1. The Kier molecular flexibility index (Phi) is 6.60. The summed E-state index contributed by atoms with van der Waals surface area (Å²) in [6.45, 7) is 8.79. The van der Waals surface area contributed by atoms with Gasteiger partial charge in [-0.3, -0.25) is 9.69 Å². The van der Waals surface area contributed by atoms with Crippen LogP contribution in [0.5, 0.6) is 0 Å². The normalized spacial score (nSPS) is 16.3. The van der Waals surface area contributed by atoms with E-state index in [4.69, 9.17) is 0 Å². The molecular weight excluding hydrogens is 284 g/mol. The molecule has 0 atom stereocenters. The Labute approximate surface area is 131 Å². The van der Waals surface area contributed by atoms with Crippen LogP contribution in [0, 0.1) is 12.8 Å². The molecule has 0 aliphatic carbocycles. The fourth-order valence-corrected chi connectivity index (χ4v) is 3.46. The second-order valence-electron chi connectivity index (χ2n) is 5.77. The maximum absolute atomic E-state index is 12.2. The van der Waals surface area contributed by atoms with Crippen LogP contribution in [-0.4, -0.2) is 48.5 Å². The fraction of sp³-hybridized carbons (Fsp3) is 0.733. The van der Waals surface area contributed by atoms with Crippen molar-refractivity contribution in [2.45, 2.75) is 33.1 Å². The van der Waals surface area contributed by atoms with Gasteiger partial charge in [-0.15, -0.1) is 11.3 Å². The van der Waals surface area contributed by atoms with E-state index in [0.29, 0.717) is 17.6 Å². The van der Waals surface area contributed by atoms with Crippen molar-refractivity contribution in [1.29, 1.82) is 0 Å². The van der Waals surface area contributed by atoms with E-state index in [9.17, 15) is 4.79 Å². The lowest BCUT2D eigenvalue weighted by Gasteiger charge is -2.29. The summed E-state index contributed by atoms with van der Waals surface area (Å²) < 4.78 is 0. The van der Waals surface area contributed by atoms with Crippen LogP contribution in [0.1, 0.15) is 31.9 Å². The molecule has 1 saturated heterocycles. The second-order valence-corrected chi connectivity index (χ2v) is 6.63. The van der Waals surface area contributed by atoms with Gasteiger partial charge >= 0.3 is 0 Å². The standard InChI is InChI=1S/C15H26N4OS/c1-3-8-19(9-13-4-6-16-7-5-13)10-14(20)18-15-17-12(2)11-21-15/h11,13,16H,3-10H2,1-2H3,(H,17,18,20). The Balaban J connectivity index is 1.81. The number of thiazole rings is 1. The highest BCUT2D eigenvalue weighted by Gasteiger charge is 2.18. The Morgan fingerprint density at radius 1 is 1.52 bits per heavy atom. The van der Waals surface area contributed by atoms with E-state index in [0.717, 1.165) is 38.3 Å². The van der Waals surface area contributed by atoms with Crippen molar-refractivity contribution in [3.05, 3.63) is 11.1 Å². The van der Waals surface area contributed by atoms with Crippen LogP contribution >= 0.6 is 11.3 Å². The summed E-state index contributed by atoms with van der Waals surface area (Å²) in [6.07, 6.45) is 3.51. The van der Waals surface area contributed by atoms with Crippen molar-refractivity contribution in [3.8, 4) is 0 Å². The van der Waals surface area contributed by atoms with Gasteiger partial charge in [-0.25, -0.2) is 4.98 Å². The number of aryl methyl sites for hydroxylation is 1. The van der Waals surface area contributed by atoms with E-state index in [1.54, 1.807) is 0 Å². The monoisotopic (exact) mass is 310 g/mol. The highest BCUT2D eigenvalue weighted by molar-refractivity contribution is 7.13. The summed E-state index contributed by atoms with van der Waals surface area (Å²) in [6, 6.07) is 0. The smallest absolute Gasteiger partial charge is 0.240 e. The molecule has 1 aromatic heterocycles. The van der Waals surface area contributed by atoms with Gasteiger partial charge in [0.15, 0.2) is 5.13 Å². The third-order valence-electron chi connectivity index (χ3n) is 3.75. The molecule has 0 aromatic carbocycles. The van der Waals surface area contributed by atoms with Crippen molar-refractivity contribution in [2.24, 2.45) is 5.92 Å². The molecule has 21 heavy (non-hydrogen) atoms. The molecule has 118 valence electrons. The highest BCUT2D eigenvalue weighted by atomic mass is 32.1. The third kappa shape index (κ3) is 5.73. The minimum Gasteiger partial charge on any atom is -0.317 e. The van der Waals surface area contributed by atoms with Crippen LogP contribution in [0.25, 0.3) is 0 Å². The van der Waals surface area contributed by atoms with Gasteiger partial charge < -0.3 is 10.6 Å². The quantitative estimate of drug-likeness (QED) is 0.810. The molecule has 6 heteroatoms. The first-order valence-corrected chi connectivity index (χ1v) is 8.70. The van der Waals surface area contributed by atoms with Gasteiger partial charge in [-0.05, 0) is 51.7 Å². The first-order valence-electron chi connectivity index (χ1n) is 7.82. The van der Waals surface area contributed by atoms with E-state index >= 15 is 0 Å². The van der Waals surface area contributed by atoms with E-state index in [-0.39, 0.29) is 5.91 Å². The lowest BCUT2D eigenvalue weighted by Crippen LogP contribution is -2.40. The molecule has 1 amide bonds. The van der Waals surface area contributed by atoms with Gasteiger partial charge in [-0.1, -0.05) is 6.92 Å². The number of nitrogens with zero attached hydrogens (tertiary/aromatic N) is 2.